The SMILES string of the molecule is CCc1nnc(CN(C)C(=O)c2ccc3c(c2)CCCC3)o1. The van der Waals surface area contributed by atoms with Crippen LogP contribution in [-0.2, 0) is 25.8 Å². The summed E-state index contributed by atoms with van der Waals surface area (Å²) < 4.78 is 5.46. The maximum Gasteiger partial charge on any atom is 0.254 e. The van der Waals surface area contributed by atoms with Crippen molar-refractivity contribution in [2.45, 2.75) is 45.6 Å². The summed E-state index contributed by atoms with van der Waals surface area (Å²) in [7, 11) is 1.76. The molecule has 1 aromatic heterocycles. The van der Waals surface area contributed by atoms with Crippen LogP contribution in [0.15, 0.2) is 22.6 Å². The molecular weight excluding hydrogens is 278 g/mol. The second-order valence-corrected chi connectivity index (χ2v) is 5.79. The smallest absolute Gasteiger partial charge is 0.254 e. The van der Waals surface area contributed by atoms with Crippen molar-refractivity contribution in [3.05, 3.63) is 46.7 Å². The van der Waals surface area contributed by atoms with Crippen LogP contribution < -0.4 is 0 Å². The highest BCUT2D eigenvalue weighted by molar-refractivity contribution is 5.94. The summed E-state index contributed by atoms with van der Waals surface area (Å²) in [4.78, 5) is 14.2. The number of carbonyl (C=O) groups is 1. The van der Waals surface area contributed by atoms with Crippen molar-refractivity contribution in [1.82, 2.24) is 15.1 Å². The molecule has 0 fully saturated rings. The molecule has 3 rings (SSSR count). The van der Waals surface area contributed by atoms with Gasteiger partial charge in [-0.15, -0.1) is 10.2 Å². The van der Waals surface area contributed by atoms with E-state index in [1.54, 1.807) is 11.9 Å². The van der Waals surface area contributed by atoms with Gasteiger partial charge in [0.2, 0.25) is 11.8 Å². The largest absolute Gasteiger partial charge is 0.423 e. The van der Waals surface area contributed by atoms with E-state index in [4.69, 9.17) is 4.42 Å². The zero-order valence-electron chi connectivity index (χ0n) is 13.1. The number of aromatic nitrogens is 2. The number of benzene rings is 1. The topological polar surface area (TPSA) is 59.2 Å². The van der Waals surface area contributed by atoms with Gasteiger partial charge in [0.05, 0.1) is 6.54 Å². The van der Waals surface area contributed by atoms with Gasteiger partial charge in [-0.25, -0.2) is 0 Å². The average Bonchev–Trinajstić information content (AvgIpc) is 3.01. The van der Waals surface area contributed by atoms with E-state index < -0.39 is 0 Å². The molecule has 0 saturated carbocycles. The van der Waals surface area contributed by atoms with E-state index in [9.17, 15) is 4.79 Å². The molecule has 1 heterocycles. The molecule has 0 spiro atoms. The van der Waals surface area contributed by atoms with Crippen molar-refractivity contribution in [1.29, 1.82) is 0 Å². The van der Waals surface area contributed by atoms with Crippen molar-refractivity contribution in [3.63, 3.8) is 0 Å². The first kappa shape index (κ1) is 14.8. The number of amides is 1. The number of rotatable bonds is 4. The van der Waals surface area contributed by atoms with Crippen LogP contribution in [-0.4, -0.2) is 28.1 Å². The number of aryl methyl sites for hydroxylation is 3. The molecule has 0 radical (unpaired) electrons. The minimum atomic E-state index is -0.00961. The van der Waals surface area contributed by atoms with Gasteiger partial charge in [-0.05, 0) is 48.9 Å². The van der Waals surface area contributed by atoms with Crippen molar-refractivity contribution in [2.24, 2.45) is 0 Å². The second kappa shape index (κ2) is 6.30. The van der Waals surface area contributed by atoms with Gasteiger partial charge >= 0.3 is 0 Å². The van der Waals surface area contributed by atoms with Gasteiger partial charge in [-0.3, -0.25) is 4.79 Å². The van der Waals surface area contributed by atoms with E-state index in [1.807, 2.05) is 19.1 Å². The molecule has 0 N–H and O–H groups in total. The molecule has 1 aliphatic rings. The molecule has 22 heavy (non-hydrogen) atoms. The Bertz CT molecular complexity index is 678. The minimum Gasteiger partial charge on any atom is -0.423 e. The van der Waals surface area contributed by atoms with Gasteiger partial charge in [0.1, 0.15) is 0 Å². The van der Waals surface area contributed by atoms with Gasteiger partial charge < -0.3 is 9.32 Å². The summed E-state index contributed by atoms with van der Waals surface area (Å²) >= 11 is 0. The first-order valence-electron chi connectivity index (χ1n) is 7.86. The lowest BCUT2D eigenvalue weighted by Gasteiger charge is -2.19. The van der Waals surface area contributed by atoms with E-state index in [0.29, 0.717) is 24.7 Å². The molecule has 0 saturated heterocycles. The van der Waals surface area contributed by atoms with Crippen LogP contribution >= 0.6 is 0 Å². The molecule has 116 valence electrons. The third kappa shape index (κ3) is 3.03. The Labute approximate surface area is 130 Å². The van der Waals surface area contributed by atoms with E-state index >= 15 is 0 Å². The summed E-state index contributed by atoms with van der Waals surface area (Å²) in [6.45, 7) is 2.29. The summed E-state index contributed by atoms with van der Waals surface area (Å²) in [5.74, 6) is 1.07. The standard InChI is InChI=1S/C17H21N3O2/c1-3-15-18-19-16(22-15)11-20(2)17(21)14-9-8-12-6-4-5-7-13(12)10-14/h8-10H,3-7,11H2,1-2H3. The Kier molecular flexibility index (Phi) is 4.22. The zero-order chi connectivity index (χ0) is 15.5. The van der Waals surface area contributed by atoms with Crippen LogP contribution in [0.2, 0.25) is 0 Å². The molecule has 2 aromatic rings. The highest BCUT2D eigenvalue weighted by atomic mass is 16.4. The van der Waals surface area contributed by atoms with Gasteiger partial charge in [-0.1, -0.05) is 13.0 Å². The van der Waals surface area contributed by atoms with Crippen LogP contribution in [0, 0.1) is 0 Å². The fourth-order valence-electron chi connectivity index (χ4n) is 2.86. The Morgan fingerprint density at radius 2 is 1.91 bits per heavy atom. The summed E-state index contributed by atoms with van der Waals surface area (Å²) in [6, 6.07) is 6.06. The first-order valence-corrected chi connectivity index (χ1v) is 7.86. The molecule has 0 atom stereocenters. The normalized spacial score (nSPS) is 13.7. The lowest BCUT2D eigenvalue weighted by Crippen LogP contribution is -2.26. The van der Waals surface area contributed by atoms with E-state index in [1.165, 1.54) is 24.0 Å². The molecule has 0 aliphatic heterocycles. The first-order chi connectivity index (χ1) is 10.7. The molecule has 5 heteroatoms. The third-order valence-corrected chi connectivity index (χ3v) is 4.13. The summed E-state index contributed by atoms with van der Waals surface area (Å²) in [6.07, 6.45) is 5.36. The highest BCUT2D eigenvalue weighted by Gasteiger charge is 2.17. The van der Waals surface area contributed by atoms with E-state index in [2.05, 4.69) is 16.3 Å². The predicted octanol–water partition coefficient (Wildman–Crippen LogP) is 2.78. The van der Waals surface area contributed by atoms with Gasteiger partial charge in [0.15, 0.2) is 0 Å². The molecule has 5 nitrogen and oxygen atoms in total. The number of hydrogen-bond acceptors (Lipinski definition) is 4. The second-order valence-electron chi connectivity index (χ2n) is 5.79. The fourth-order valence-corrected chi connectivity index (χ4v) is 2.86. The van der Waals surface area contributed by atoms with E-state index in [-0.39, 0.29) is 5.91 Å². The highest BCUT2D eigenvalue weighted by Crippen LogP contribution is 2.23. The van der Waals surface area contributed by atoms with Crippen molar-refractivity contribution < 1.29 is 9.21 Å². The summed E-state index contributed by atoms with van der Waals surface area (Å²) in [5, 5.41) is 7.89. The van der Waals surface area contributed by atoms with Crippen LogP contribution in [0.25, 0.3) is 0 Å². The molecule has 1 aliphatic carbocycles. The van der Waals surface area contributed by atoms with Crippen LogP contribution in [0.3, 0.4) is 0 Å². The Morgan fingerprint density at radius 1 is 1.18 bits per heavy atom. The monoisotopic (exact) mass is 299 g/mol. The van der Waals surface area contributed by atoms with Crippen molar-refractivity contribution in [3.8, 4) is 0 Å². The minimum absolute atomic E-state index is 0.00961. The lowest BCUT2D eigenvalue weighted by molar-refractivity contribution is 0.0772. The van der Waals surface area contributed by atoms with Gasteiger partial charge in [-0.2, -0.15) is 0 Å². The zero-order valence-corrected chi connectivity index (χ0v) is 13.1. The Balaban J connectivity index is 1.72. The van der Waals surface area contributed by atoms with Crippen molar-refractivity contribution in [2.75, 3.05) is 7.05 Å². The maximum absolute atomic E-state index is 12.5. The van der Waals surface area contributed by atoms with Crippen LogP contribution in [0.1, 0.15) is 53.0 Å². The maximum atomic E-state index is 12.5. The average molecular weight is 299 g/mol. The molecular formula is C17H21N3O2. The van der Waals surface area contributed by atoms with Crippen LogP contribution in [0.5, 0.6) is 0 Å². The Morgan fingerprint density at radius 3 is 2.64 bits per heavy atom. The van der Waals surface area contributed by atoms with Gasteiger partial charge in [0.25, 0.3) is 5.91 Å². The van der Waals surface area contributed by atoms with Gasteiger partial charge in [0, 0.05) is 19.0 Å². The molecule has 1 amide bonds. The van der Waals surface area contributed by atoms with Crippen LogP contribution in [0.4, 0.5) is 0 Å². The Hall–Kier alpha value is -2.17. The molecule has 0 bridgehead atoms. The lowest BCUT2D eigenvalue weighted by atomic mass is 9.90. The fraction of sp³-hybridized carbons (Fsp3) is 0.471. The third-order valence-electron chi connectivity index (χ3n) is 4.13. The number of nitrogens with zero attached hydrogens (tertiary/aromatic N) is 3. The van der Waals surface area contributed by atoms with E-state index in [0.717, 1.165) is 18.4 Å². The summed E-state index contributed by atoms with van der Waals surface area (Å²) in [5.41, 5.74) is 3.44. The quantitative estimate of drug-likeness (QED) is 0.871. The number of hydrogen-bond donors (Lipinski definition) is 0. The molecule has 0 unspecified atom stereocenters. The predicted molar refractivity (Wildman–Crippen MR) is 82.6 cm³/mol. The van der Waals surface area contributed by atoms with Crippen molar-refractivity contribution >= 4 is 5.91 Å². The number of carbonyl (C=O) groups excluding carboxylic acids is 1. The molecule has 1 aromatic carbocycles. The number of fused-ring (bicyclic) bond motifs is 1.